The van der Waals surface area contributed by atoms with Crippen molar-refractivity contribution in [3.63, 3.8) is 0 Å². The fraction of sp³-hybridized carbons (Fsp3) is 0.333. The summed E-state index contributed by atoms with van der Waals surface area (Å²) in [6.07, 6.45) is 0.607. The molecule has 20 heavy (non-hydrogen) atoms. The summed E-state index contributed by atoms with van der Waals surface area (Å²) in [7, 11) is 0. The lowest BCUT2D eigenvalue weighted by Gasteiger charge is -2.20. The molecule has 2 aromatic carbocycles. The molecule has 2 aromatic rings. The number of benzene rings is 2. The van der Waals surface area contributed by atoms with Crippen LogP contribution in [0.2, 0.25) is 0 Å². The molecule has 0 amide bonds. The zero-order valence-corrected chi connectivity index (χ0v) is 12.2. The molecule has 0 saturated carbocycles. The van der Waals surface area contributed by atoms with Gasteiger partial charge in [-0.05, 0) is 36.6 Å². The van der Waals surface area contributed by atoms with E-state index in [1.165, 1.54) is 11.1 Å². The van der Waals surface area contributed by atoms with Crippen molar-refractivity contribution in [2.24, 2.45) is 0 Å². The van der Waals surface area contributed by atoms with Gasteiger partial charge in [0.25, 0.3) is 0 Å². The third kappa shape index (κ3) is 3.69. The number of nitrogens with one attached hydrogen (secondary N) is 1. The molecule has 0 fully saturated rings. The summed E-state index contributed by atoms with van der Waals surface area (Å²) in [5.41, 5.74) is 3.34. The maximum atomic E-state index is 10.3. The number of hydrogen-bond donors (Lipinski definition) is 2. The van der Waals surface area contributed by atoms with E-state index in [9.17, 15) is 5.11 Å². The normalized spacial score (nSPS) is 13.9. The van der Waals surface area contributed by atoms with Crippen LogP contribution in [0.1, 0.15) is 31.9 Å². The minimum atomic E-state index is -0.466. The van der Waals surface area contributed by atoms with Crippen LogP contribution in [0, 0.1) is 0 Å². The number of aliphatic hydroxyl groups excluding tert-OH is 1. The van der Waals surface area contributed by atoms with Crippen LogP contribution in [-0.2, 0) is 0 Å². The first kappa shape index (κ1) is 14.8. The van der Waals surface area contributed by atoms with E-state index < -0.39 is 6.10 Å². The summed E-state index contributed by atoms with van der Waals surface area (Å²) in [4.78, 5) is 0. The molecule has 0 bridgehead atoms. The van der Waals surface area contributed by atoms with E-state index in [1.807, 2.05) is 37.3 Å². The molecule has 0 aliphatic rings. The predicted octanol–water partition coefficient (Wildman–Crippen LogP) is 3.78. The van der Waals surface area contributed by atoms with E-state index in [-0.39, 0.29) is 6.04 Å². The van der Waals surface area contributed by atoms with Gasteiger partial charge in [-0.2, -0.15) is 0 Å². The number of hydrogen-bond acceptors (Lipinski definition) is 2. The SMILES string of the molecule is CCCNC(C)C(O)c1ccc(-c2ccccc2)cc1. The molecule has 0 heterocycles. The Labute approximate surface area is 121 Å². The first-order valence-corrected chi connectivity index (χ1v) is 7.29. The molecule has 0 saturated heterocycles. The van der Waals surface area contributed by atoms with Gasteiger partial charge < -0.3 is 10.4 Å². The highest BCUT2D eigenvalue weighted by Gasteiger charge is 2.15. The van der Waals surface area contributed by atoms with Crippen molar-refractivity contribution in [2.75, 3.05) is 6.54 Å². The summed E-state index contributed by atoms with van der Waals surface area (Å²) in [5, 5.41) is 13.6. The van der Waals surface area contributed by atoms with Crippen LogP contribution in [0.3, 0.4) is 0 Å². The number of aliphatic hydroxyl groups is 1. The second-order valence-electron chi connectivity index (χ2n) is 5.18. The highest BCUT2D eigenvalue weighted by atomic mass is 16.3. The molecule has 2 nitrogen and oxygen atoms in total. The average molecular weight is 269 g/mol. The molecule has 2 unspecified atom stereocenters. The second-order valence-corrected chi connectivity index (χ2v) is 5.18. The molecule has 2 N–H and O–H groups in total. The van der Waals surface area contributed by atoms with Gasteiger partial charge in [0.1, 0.15) is 0 Å². The zero-order chi connectivity index (χ0) is 14.4. The Hall–Kier alpha value is -1.64. The second kappa shape index (κ2) is 7.22. The summed E-state index contributed by atoms with van der Waals surface area (Å²) in [6.45, 7) is 5.08. The van der Waals surface area contributed by atoms with Crippen LogP contribution >= 0.6 is 0 Å². The van der Waals surface area contributed by atoms with Crippen molar-refractivity contribution in [3.05, 3.63) is 60.2 Å². The largest absolute Gasteiger partial charge is 0.387 e. The van der Waals surface area contributed by atoms with Gasteiger partial charge in [0, 0.05) is 6.04 Å². The third-order valence-corrected chi connectivity index (χ3v) is 3.55. The van der Waals surface area contributed by atoms with Crippen molar-refractivity contribution in [1.82, 2.24) is 5.32 Å². The summed E-state index contributed by atoms with van der Waals surface area (Å²) in [6, 6.07) is 18.5. The van der Waals surface area contributed by atoms with E-state index in [1.54, 1.807) is 0 Å². The van der Waals surface area contributed by atoms with Gasteiger partial charge in [-0.25, -0.2) is 0 Å². The van der Waals surface area contributed by atoms with E-state index in [4.69, 9.17) is 0 Å². The third-order valence-electron chi connectivity index (χ3n) is 3.55. The molecule has 106 valence electrons. The van der Waals surface area contributed by atoms with Gasteiger partial charge in [-0.1, -0.05) is 61.5 Å². The molecule has 2 rings (SSSR count). The van der Waals surface area contributed by atoms with Gasteiger partial charge in [-0.3, -0.25) is 0 Å². The maximum absolute atomic E-state index is 10.3. The molecular weight excluding hydrogens is 246 g/mol. The molecule has 0 aliphatic heterocycles. The Balaban J connectivity index is 2.08. The highest BCUT2D eigenvalue weighted by molar-refractivity contribution is 5.63. The molecular formula is C18H23NO. The topological polar surface area (TPSA) is 32.3 Å². The van der Waals surface area contributed by atoms with Gasteiger partial charge in [0.15, 0.2) is 0 Å². The molecule has 2 heteroatoms. The van der Waals surface area contributed by atoms with Gasteiger partial charge >= 0.3 is 0 Å². The van der Waals surface area contributed by atoms with Crippen LogP contribution in [0.4, 0.5) is 0 Å². The first-order chi connectivity index (χ1) is 9.72. The number of rotatable bonds is 6. The minimum absolute atomic E-state index is 0.0672. The summed E-state index contributed by atoms with van der Waals surface area (Å²) < 4.78 is 0. The zero-order valence-electron chi connectivity index (χ0n) is 12.2. The summed E-state index contributed by atoms with van der Waals surface area (Å²) >= 11 is 0. The summed E-state index contributed by atoms with van der Waals surface area (Å²) in [5.74, 6) is 0. The van der Waals surface area contributed by atoms with Crippen LogP contribution < -0.4 is 5.32 Å². The molecule has 0 spiro atoms. The maximum Gasteiger partial charge on any atom is 0.0940 e. The monoisotopic (exact) mass is 269 g/mol. The fourth-order valence-electron chi connectivity index (χ4n) is 2.28. The van der Waals surface area contributed by atoms with Gasteiger partial charge in [0.2, 0.25) is 0 Å². The standard InChI is InChI=1S/C18H23NO/c1-3-13-19-14(2)18(20)17-11-9-16(10-12-17)15-7-5-4-6-8-15/h4-12,14,18-20H,3,13H2,1-2H3. The Morgan fingerprint density at radius 1 is 0.950 bits per heavy atom. The van der Waals surface area contributed by atoms with Crippen LogP contribution in [0.15, 0.2) is 54.6 Å². The van der Waals surface area contributed by atoms with Gasteiger partial charge in [0.05, 0.1) is 6.10 Å². The van der Waals surface area contributed by atoms with E-state index >= 15 is 0 Å². The lowest BCUT2D eigenvalue weighted by atomic mass is 9.99. The average Bonchev–Trinajstić information content (AvgIpc) is 2.53. The molecule has 0 aromatic heterocycles. The van der Waals surface area contributed by atoms with E-state index in [0.29, 0.717) is 0 Å². The van der Waals surface area contributed by atoms with E-state index in [0.717, 1.165) is 18.5 Å². The molecule has 0 aliphatic carbocycles. The Kier molecular flexibility index (Phi) is 5.33. The molecule has 2 atom stereocenters. The fourth-order valence-corrected chi connectivity index (χ4v) is 2.28. The quantitative estimate of drug-likeness (QED) is 0.836. The lowest BCUT2D eigenvalue weighted by molar-refractivity contribution is 0.136. The predicted molar refractivity (Wildman–Crippen MR) is 84.6 cm³/mol. The highest BCUT2D eigenvalue weighted by Crippen LogP contribution is 2.23. The van der Waals surface area contributed by atoms with Crippen molar-refractivity contribution < 1.29 is 5.11 Å². The minimum Gasteiger partial charge on any atom is -0.387 e. The lowest BCUT2D eigenvalue weighted by Crippen LogP contribution is -2.32. The van der Waals surface area contributed by atoms with Gasteiger partial charge in [-0.15, -0.1) is 0 Å². The van der Waals surface area contributed by atoms with Crippen molar-refractivity contribution in [3.8, 4) is 11.1 Å². The van der Waals surface area contributed by atoms with Crippen LogP contribution in [-0.4, -0.2) is 17.7 Å². The first-order valence-electron chi connectivity index (χ1n) is 7.29. The smallest absolute Gasteiger partial charge is 0.0940 e. The Bertz CT molecular complexity index is 507. The Morgan fingerprint density at radius 2 is 1.55 bits per heavy atom. The molecule has 0 radical (unpaired) electrons. The van der Waals surface area contributed by atoms with Crippen molar-refractivity contribution in [2.45, 2.75) is 32.4 Å². The van der Waals surface area contributed by atoms with Crippen molar-refractivity contribution in [1.29, 1.82) is 0 Å². The van der Waals surface area contributed by atoms with Crippen LogP contribution in [0.25, 0.3) is 11.1 Å². The van der Waals surface area contributed by atoms with Crippen molar-refractivity contribution >= 4 is 0 Å². The Morgan fingerprint density at radius 3 is 2.15 bits per heavy atom. The van der Waals surface area contributed by atoms with E-state index in [2.05, 4.69) is 36.5 Å². The van der Waals surface area contributed by atoms with Crippen LogP contribution in [0.5, 0.6) is 0 Å².